The first-order chi connectivity index (χ1) is 9.90. The molecule has 2 rings (SSSR count). The summed E-state index contributed by atoms with van der Waals surface area (Å²) in [5.41, 5.74) is 2.03. The van der Waals surface area contributed by atoms with Crippen LogP contribution < -0.4 is 10.4 Å². The van der Waals surface area contributed by atoms with Gasteiger partial charge in [-0.25, -0.2) is 4.39 Å². The predicted octanol–water partition coefficient (Wildman–Crippen LogP) is 1.88. The first kappa shape index (κ1) is 15.2. The van der Waals surface area contributed by atoms with E-state index in [0.717, 1.165) is 11.1 Å². The molecule has 2 atom stereocenters. The number of anilines is 1. The first-order valence-electron chi connectivity index (χ1n) is 6.81. The number of para-hydroxylation sites is 1. The molecule has 0 heterocycles. The lowest BCUT2D eigenvalue weighted by molar-refractivity contribution is -0.313. The standard InChI is InChI=1S/C16H18FNO3/c1-9-7-11(12(16(20)21)8-10(9)2)15(19)18-14-6-4-3-5-13(14)17/h3-6,11-12H,7-8H2,1-2H3,(H,18,19)(H,20,21)/p-1. The van der Waals surface area contributed by atoms with E-state index in [0.29, 0.717) is 12.8 Å². The number of allylic oxidation sites excluding steroid dienone is 2. The van der Waals surface area contributed by atoms with Crippen molar-refractivity contribution in [2.75, 3.05) is 5.32 Å². The van der Waals surface area contributed by atoms with Crippen molar-refractivity contribution in [2.24, 2.45) is 11.8 Å². The number of carbonyl (C=O) groups is 2. The molecule has 5 heteroatoms. The number of carboxylic acid groups (broad SMARTS) is 1. The third-order valence-corrected chi connectivity index (χ3v) is 4.04. The number of nitrogens with one attached hydrogen (secondary N) is 1. The molecule has 0 saturated carbocycles. The summed E-state index contributed by atoms with van der Waals surface area (Å²) in [7, 11) is 0. The maximum atomic E-state index is 13.6. The Morgan fingerprint density at radius 2 is 1.71 bits per heavy atom. The normalized spacial score (nSPS) is 22.0. The van der Waals surface area contributed by atoms with Gasteiger partial charge in [0.05, 0.1) is 11.6 Å². The number of hydrogen-bond acceptors (Lipinski definition) is 3. The molecule has 0 aliphatic heterocycles. The van der Waals surface area contributed by atoms with Crippen molar-refractivity contribution in [3.8, 4) is 0 Å². The molecule has 1 aliphatic carbocycles. The molecule has 1 aliphatic rings. The highest BCUT2D eigenvalue weighted by Crippen LogP contribution is 2.34. The molecule has 21 heavy (non-hydrogen) atoms. The minimum atomic E-state index is -1.24. The summed E-state index contributed by atoms with van der Waals surface area (Å²) < 4.78 is 13.6. The highest BCUT2D eigenvalue weighted by atomic mass is 19.1. The molecule has 0 aromatic heterocycles. The van der Waals surface area contributed by atoms with Gasteiger partial charge in [0.2, 0.25) is 5.91 Å². The fourth-order valence-electron chi connectivity index (χ4n) is 2.60. The van der Waals surface area contributed by atoms with Crippen LogP contribution in [0.4, 0.5) is 10.1 Å². The molecule has 1 amide bonds. The Labute approximate surface area is 122 Å². The molecular formula is C16H17FNO3-. The van der Waals surface area contributed by atoms with Gasteiger partial charge >= 0.3 is 0 Å². The summed E-state index contributed by atoms with van der Waals surface area (Å²) in [4.78, 5) is 23.5. The van der Waals surface area contributed by atoms with E-state index in [1.807, 2.05) is 13.8 Å². The van der Waals surface area contributed by atoms with Crippen LogP contribution in [-0.4, -0.2) is 11.9 Å². The van der Waals surface area contributed by atoms with Crippen molar-refractivity contribution in [1.29, 1.82) is 0 Å². The van der Waals surface area contributed by atoms with Crippen LogP contribution in [0.15, 0.2) is 35.4 Å². The third kappa shape index (κ3) is 3.29. The van der Waals surface area contributed by atoms with Crippen molar-refractivity contribution in [3.05, 3.63) is 41.2 Å². The van der Waals surface area contributed by atoms with Crippen molar-refractivity contribution in [1.82, 2.24) is 0 Å². The van der Waals surface area contributed by atoms with Gasteiger partial charge in [0.25, 0.3) is 0 Å². The maximum absolute atomic E-state index is 13.6. The van der Waals surface area contributed by atoms with Crippen LogP contribution in [0, 0.1) is 17.7 Å². The Morgan fingerprint density at radius 1 is 1.14 bits per heavy atom. The molecule has 0 fully saturated rings. The van der Waals surface area contributed by atoms with Crippen LogP contribution in [-0.2, 0) is 9.59 Å². The molecule has 0 bridgehead atoms. The number of amides is 1. The van der Waals surface area contributed by atoms with E-state index < -0.39 is 29.5 Å². The van der Waals surface area contributed by atoms with E-state index in [-0.39, 0.29) is 5.69 Å². The van der Waals surface area contributed by atoms with Gasteiger partial charge in [-0.05, 0) is 38.8 Å². The zero-order valence-electron chi connectivity index (χ0n) is 12.0. The Kier molecular flexibility index (Phi) is 4.40. The van der Waals surface area contributed by atoms with Crippen molar-refractivity contribution in [2.45, 2.75) is 26.7 Å². The van der Waals surface area contributed by atoms with Crippen LogP contribution in [0.2, 0.25) is 0 Å². The van der Waals surface area contributed by atoms with Gasteiger partial charge in [-0.1, -0.05) is 23.3 Å². The number of aliphatic carboxylic acids is 1. The van der Waals surface area contributed by atoms with Crippen molar-refractivity contribution < 1.29 is 19.1 Å². The van der Waals surface area contributed by atoms with Gasteiger partial charge in [-0.2, -0.15) is 0 Å². The van der Waals surface area contributed by atoms with Gasteiger partial charge in [-0.15, -0.1) is 0 Å². The Morgan fingerprint density at radius 3 is 2.29 bits per heavy atom. The first-order valence-corrected chi connectivity index (χ1v) is 6.81. The SMILES string of the molecule is CC1=C(C)CC(C(=O)Nc2ccccc2F)C(C(=O)[O-])C1. The third-order valence-electron chi connectivity index (χ3n) is 4.04. The Hall–Kier alpha value is -2.17. The summed E-state index contributed by atoms with van der Waals surface area (Å²) in [6.45, 7) is 3.74. The largest absolute Gasteiger partial charge is 0.550 e. The molecule has 1 aromatic rings. The highest BCUT2D eigenvalue weighted by molar-refractivity contribution is 5.95. The summed E-state index contributed by atoms with van der Waals surface area (Å²) in [5, 5.41) is 13.7. The second kappa shape index (κ2) is 6.08. The van der Waals surface area contributed by atoms with E-state index >= 15 is 0 Å². The van der Waals surface area contributed by atoms with Crippen LogP contribution in [0.25, 0.3) is 0 Å². The Bertz CT molecular complexity index is 609. The predicted molar refractivity (Wildman–Crippen MR) is 74.6 cm³/mol. The van der Waals surface area contributed by atoms with E-state index in [1.165, 1.54) is 18.2 Å². The Balaban J connectivity index is 2.21. The number of benzene rings is 1. The fourth-order valence-corrected chi connectivity index (χ4v) is 2.60. The molecule has 1 aromatic carbocycles. The van der Waals surface area contributed by atoms with Gasteiger partial charge in [-0.3, -0.25) is 4.79 Å². The molecule has 1 N–H and O–H groups in total. The fraction of sp³-hybridized carbons (Fsp3) is 0.375. The number of hydrogen-bond donors (Lipinski definition) is 1. The lowest BCUT2D eigenvalue weighted by Crippen LogP contribution is -2.42. The van der Waals surface area contributed by atoms with Crippen LogP contribution in [0.1, 0.15) is 26.7 Å². The number of halogens is 1. The summed E-state index contributed by atoms with van der Waals surface area (Å²) in [6, 6.07) is 5.80. The molecule has 0 saturated heterocycles. The quantitative estimate of drug-likeness (QED) is 0.864. The number of rotatable bonds is 3. The summed E-state index contributed by atoms with van der Waals surface area (Å²) in [5.74, 6) is -3.88. The van der Waals surface area contributed by atoms with Crippen LogP contribution in [0.3, 0.4) is 0 Å². The number of carboxylic acids is 1. The summed E-state index contributed by atoms with van der Waals surface area (Å²) >= 11 is 0. The van der Waals surface area contributed by atoms with E-state index in [9.17, 15) is 19.1 Å². The average Bonchev–Trinajstić information content (AvgIpc) is 2.43. The zero-order chi connectivity index (χ0) is 15.6. The molecule has 112 valence electrons. The second-order valence-corrected chi connectivity index (χ2v) is 5.47. The van der Waals surface area contributed by atoms with Gasteiger partial charge in [0.1, 0.15) is 5.82 Å². The van der Waals surface area contributed by atoms with E-state index in [1.54, 1.807) is 6.07 Å². The van der Waals surface area contributed by atoms with Crippen LogP contribution in [0.5, 0.6) is 0 Å². The maximum Gasteiger partial charge on any atom is 0.228 e. The van der Waals surface area contributed by atoms with Crippen LogP contribution >= 0.6 is 0 Å². The monoisotopic (exact) mass is 290 g/mol. The average molecular weight is 290 g/mol. The topological polar surface area (TPSA) is 69.2 Å². The molecule has 0 radical (unpaired) electrons. The van der Waals surface area contributed by atoms with Gasteiger partial charge in [0, 0.05) is 11.9 Å². The smallest absolute Gasteiger partial charge is 0.228 e. The van der Waals surface area contributed by atoms with Gasteiger partial charge < -0.3 is 15.2 Å². The minimum Gasteiger partial charge on any atom is -0.550 e. The van der Waals surface area contributed by atoms with E-state index in [4.69, 9.17) is 0 Å². The second-order valence-electron chi connectivity index (χ2n) is 5.47. The molecule has 2 unspecified atom stereocenters. The lowest BCUT2D eigenvalue weighted by Gasteiger charge is -2.32. The minimum absolute atomic E-state index is 0.0588. The zero-order valence-corrected chi connectivity index (χ0v) is 12.0. The number of carbonyl (C=O) groups excluding carboxylic acids is 2. The summed E-state index contributed by atoms with van der Waals surface area (Å²) in [6.07, 6.45) is 0.647. The van der Waals surface area contributed by atoms with Crippen molar-refractivity contribution >= 4 is 17.6 Å². The molecule has 4 nitrogen and oxygen atoms in total. The van der Waals surface area contributed by atoms with E-state index in [2.05, 4.69) is 5.32 Å². The highest BCUT2D eigenvalue weighted by Gasteiger charge is 2.33. The lowest BCUT2D eigenvalue weighted by atomic mass is 9.76. The van der Waals surface area contributed by atoms with Crippen molar-refractivity contribution in [3.63, 3.8) is 0 Å². The van der Waals surface area contributed by atoms with Gasteiger partial charge in [0.15, 0.2) is 0 Å². The molecule has 0 spiro atoms. The molecular weight excluding hydrogens is 273 g/mol.